The van der Waals surface area contributed by atoms with Crippen LogP contribution in [0.5, 0.6) is 11.5 Å². The molecule has 1 fully saturated rings. The molecule has 0 spiro atoms. The number of hydrogen-bond donors (Lipinski definition) is 1. The predicted octanol–water partition coefficient (Wildman–Crippen LogP) is 4.95. The molecule has 4 rings (SSSR count). The van der Waals surface area contributed by atoms with Crippen LogP contribution in [0.1, 0.15) is 48.4 Å². The van der Waals surface area contributed by atoms with Gasteiger partial charge in [0.15, 0.2) is 0 Å². The number of ether oxygens (including phenoxy) is 3. The lowest BCUT2D eigenvalue weighted by atomic mass is 9.79. The summed E-state index contributed by atoms with van der Waals surface area (Å²) < 4.78 is 17.4. The Labute approximate surface area is 219 Å². The summed E-state index contributed by atoms with van der Waals surface area (Å²) in [4.78, 5) is 14.5. The number of hydrogen-bond acceptors (Lipinski definition) is 5. The van der Waals surface area contributed by atoms with Gasteiger partial charge in [-0.05, 0) is 72.7 Å². The van der Waals surface area contributed by atoms with E-state index in [9.17, 15) is 9.90 Å². The number of amides is 1. The maximum absolute atomic E-state index is 12.7. The molecule has 1 N–H and O–H groups in total. The largest absolute Gasteiger partial charge is 0.497 e. The van der Waals surface area contributed by atoms with Crippen molar-refractivity contribution in [3.05, 3.63) is 95.1 Å². The lowest BCUT2D eigenvalue weighted by Crippen LogP contribution is -2.40. The summed E-state index contributed by atoms with van der Waals surface area (Å²) >= 11 is 0. The van der Waals surface area contributed by atoms with Gasteiger partial charge in [-0.15, -0.1) is 0 Å². The van der Waals surface area contributed by atoms with Crippen molar-refractivity contribution in [2.24, 2.45) is 0 Å². The van der Waals surface area contributed by atoms with Gasteiger partial charge >= 0.3 is 0 Å². The van der Waals surface area contributed by atoms with Gasteiger partial charge in [-0.25, -0.2) is 0 Å². The number of nitrogens with zero attached hydrogens (tertiary/aromatic N) is 1. The second-order valence-electron chi connectivity index (χ2n) is 9.38. The normalized spacial score (nSPS) is 14.4. The van der Waals surface area contributed by atoms with Gasteiger partial charge in [-0.2, -0.15) is 0 Å². The summed E-state index contributed by atoms with van der Waals surface area (Å²) in [5, 5.41) is 9.70. The number of aliphatic hydroxyl groups excluding tert-OH is 1. The molecule has 0 atom stereocenters. The van der Waals surface area contributed by atoms with E-state index in [0.717, 1.165) is 33.8 Å². The van der Waals surface area contributed by atoms with E-state index >= 15 is 0 Å². The molecule has 1 aliphatic heterocycles. The van der Waals surface area contributed by atoms with Gasteiger partial charge in [0, 0.05) is 26.1 Å². The van der Waals surface area contributed by atoms with Crippen LogP contribution in [0.15, 0.2) is 72.8 Å². The Hall–Kier alpha value is -3.35. The minimum Gasteiger partial charge on any atom is -0.497 e. The molecule has 1 heterocycles. The molecule has 1 amide bonds. The van der Waals surface area contributed by atoms with Gasteiger partial charge in [-0.1, -0.05) is 48.5 Å². The average Bonchev–Trinajstić information content (AvgIpc) is 2.95. The van der Waals surface area contributed by atoms with Crippen molar-refractivity contribution in [1.82, 2.24) is 4.90 Å². The number of carbonyl (C=O) groups is 1. The molecule has 0 aliphatic carbocycles. The standard InChI is InChI=1S/C31H37NO5/c1-4-37-31(25-10-14-28(35-2)15-11-25,26-12-16-29(36-3)17-13-26)24-8-5-23(6-9-24)7-18-30(34)32-21-19-27(33)20-22-32/h5-6,8-17,27,33H,4,7,18-22H2,1-3H3. The van der Waals surface area contributed by atoms with E-state index in [1.807, 2.05) is 60.4 Å². The van der Waals surface area contributed by atoms with E-state index in [4.69, 9.17) is 14.2 Å². The highest BCUT2D eigenvalue weighted by Crippen LogP contribution is 2.41. The smallest absolute Gasteiger partial charge is 0.222 e. The van der Waals surface area contributed by atoms with Crippen LogP contribution in [0.25, 0.3) is 0 Å². The van der Waals surface area contributed by atoms with E-state index in [-0.39, 0.29) is 12.0 Å². The number of piperidine rings is 1. The first kappa shape index (κ1) is 26.7. The van der Waals surface area contributed by atoms with E-state index in [1.54, 1.807) is 14.2 Å². The van der Waals surface area contributed by atoms with Crippen LogP contribution >= 0.6 is 0 Å². The Kier molecular flexibility index (Phi) is 8.85. The van der Waals surface area contributed by atoms with Crippen LogP contribution in [-0.2, 0) is 21.6 Å². The SMILES string of the molecule is CCOC(c1ccc(CCC(=O)N2CCC(O)CC2)cc1)(c1ccc(OC)cc1)c1ccc(OC)cc1. The van der Waals surface area contributed by atoms with E-state index < -0.39 is 5.60 Å². The molecule has 0 radical (unpaired) electrons. The highest BCUT2D eigenvalue weighted by molar-refractivity contribution is 5.76. The summed E-state index contributed by atoms with van der Waals surface area (Å²) in [7, 11) is 3.32. The van der Waals surface area contributed by atoms with Gasteiger partial charge in [0.25, 0.3) is 0 Å². The van der Waals surface area contributed by atoms with Crippen LogP contribution in [0.2, 0.25) is 0 Å². The van der Waals surface area contributed by atoms with Crippen molar-refractivity contribution < 1.29 is 24.1 Å². The van der Waals surface area contributed by atoms with Gasteiger partial charge in [0.05, 0.1) is 20.3 Å². The fraction of sp³-hybridized carbons (Fsp3) is 0.387. The quantitative estimate of drug-likeness (QED) is 0.397. The molecule has 0 aromatic heterocycles. The molecule has 37 heavy (non-hydrogen) atoms. The van der Waals surface area contributed by atoms with E-state index in [2.05, 4.69) is 24.3 Å². The second kappa shape index (κ2) is 12.3. The molecule has 6 heteroatoms. The van der Waals surface area contributed by atoms with Gasteiger partial charge in [-0.3, -0.25) is 4.79 Å². The first-order valence-electron chi connectivity index (χ1n) is 13.0. The van der Waals surface area contributed by atoms with E-state index in [0.29, 0.717) is 45.4 Å². The number of methoxy groups -OCH3 is 2. The third kappa shape index (κ3) is 5.97. The zero-order valence-electron chi connectivity index (χ0n) is 22.0. The number of aliphatic hydroxyl groups is 1. The number of carbonyl (C=O) groups excluding carboxylic acids is 1. The first-order chi connectivity index (χ1) is 18.0. The number of benzene rings is 3. The fourth-order valence-corrected chi connectivity index (χ4v) is 5.05. The highest BCUT2D eigenvalue weighted by atomic mass is 16.5. The monoisotopic (exact) mass is 503 g/mol. The summed E-state index contributed by atoms with van der Waals surface area (Å²) in [6.07, 6.45) is 2.18. The van der Waals surface area contributed by atoms with Crippen molar-refractivity contribution in [1.29, 1.82) is 0 Å². The summed E-state index contributed by atoms with van der Waals surface area (Å²) in [5.74, 6) is 1.72. The topological polar surface area (TPSA) is 68.2 Å². The maximum Gasteiger partial charge on any atom is 0.222 e. The molecule has 1 saturated heterocycles. The molecule has 0 unspecified atom stereocenters. The average molecular weight is 504 g/mol. The third-order valence-corrected chi connectivity index (χ3v) is 7.16. The zero-order chi connectivity index (χ0) is 26.3. The van der Waals surface area contributed by atoms with Crippen molar-refractivity contribution in [2.75, 3.05) is 33.9 Å². The minimum absolute atomic E-state index is 0.149. The number of rotatable bonds is 10. The minimum atomic E-state index is -0.823. The Bertz CT molecular complexity index is 1090. The maximum atomic E-state index is 12.7. The molecule has 196 valence electrons. The van der Waals surface area contributed by atoms with Crippen LogP contribution in [0, 0.1) is 0 Å². The van der Waals surface area contributed by atoms with Crippen LogP contribution in [0.3, 0.4) is 0 Å². The van der Waals surface area contributed by atoms with Crippen LogP contribution in [-0.4, -0.2) is 55.9 Å². The van der Waals surface area contributed by atoms with Crippen molar-refractivity contribution >= 4 is 5.91 Å². The van der Waals surface area contributed by atoms with Gasteiger partial charge in [0.1, 0.15) is 17.1 Å². The molecule has 0 saturated carbocycles. The molecule has 6 nitrogen and oxygen atoms in total. The third-order valence-electron chi connectivity index (χ3n) is 7.16. The molecule has 0 bridgehead atoms. The fourth-order valence-electron chi connectivity index (χ4n) is 5.05. The Morgan fingerprint density at radius 3 is 1.73 bits per heavy atom. The van der Waals surface area contributed by atoms with Crippen molar-refractivity contribution in [2.45, 2.75) is 44.3 Å². The predicted molar refractivity (Wildman–Crippen MR) is 144 cm³/mol. The Balaban J connectivity index is 1.62. The Morgan fingerprint density at radius 2 is 1.30 bits per heavy atom. The first-order valence-corrected chi connectivity index (χ1v) is 13.0. The molecular weight excluding hydrogens is 466 g/mol. The van der Waals surface area contributed by atoms with Gasteiger partial charge < -0.3 is 24.2 Å². The van der Waals surface area contributed by atoms with E-state index in [1.165, 1.54) is 0 Å². The summed E-state index contributed by atoms with van der Waals surface area (Å²) in [6, 6.07) is 24.3. The number of likely N-dealkylation sites (tertiary alicyclic amines) is 1. The Morgan fingerprint density at radius 1 is 0.838 bits per heavy atom. The zero-order valence-corrected chi connectivity index (χ0v) is 22.0. The highest BCUT2D eigenvalue weighted by Gasteiger charge is 2.37. The molecule has 1 aliphatic rings. The lowest BCUT2D eigenvalue weighted by molar-refractivity contribution is -0.133. The second-order valence-corrected chi connectivity index (χ2v) is 9.38. The molecular formula is C31H37NO5. The molecule has 3 aromatic carbocycles. The summed E-state index contributed by atoms with van der Waals surface area (Å²) in [5.41, 5.74) is 3.27. The van der Waals surface area contributed by atoms with Crippen molar-refractivity contribution in [3.8, 4) is 11.5 Å². The lowest BCUT2D eigenvalue weighted by Gasteiger charge is -2.36. The van der Waals surface area contributed by atoms with Crippen LogP contribution < -0.4 is 9.47 Å². The van der Waals surface area contributed by atoms with Crippen LogP contribution in [0.4, 0.5) is 0 Å². The van der Waals surface area contributed by atoms with Crippen molar-refractivity contribution in [3.63, 3.8) is 0 Å². The molecule has 3 aromatic rings. The van der Waals surface area contributed by atoms with Gasteiger partial charge in [0.2, 0.25) is 5.91 Å². The summed E-state index contributed by atoms with van der Waals surface area (Å²) in [6.45, 7) is 3.79. The number of aryl methyl sites for hydroxylation is 1.